The Morgan fingerprint density at radius 1 is 1.17 bits per heavy atom. The van der Waals surface area contributed by atoms with Crippen LogP contribution in [0.4, 0.5) is 11.4 Å². The van der Waals surface area contributed by atoms with E-state index in [0.29, 0.717) is 11.3 Å². The number of esters is 1. The van der Waals surface area contributed by atoms with Gasteiger partial charge in [0.15, 0.2) is 6.10 Å². The highest BCUT2D eigenvalue weighted by atomic mass is 32.2. The van der Waals surface area contributed by atoms with Crippen molar-refractivity contribution >= 4 is 39.4 Å². The average molecular weight is 433 g/mol. The standard InChI is InChI=1S/C19H19N3O7S/c1-2-17(19(24)21-14-6-10-16(11-7-14)30(20,27)28)29-18(23)12-5-13-3-8-15(9-4-13)22(25)26/h3-12,17H,2H2,1H3,(H,21,24)(H2,20,27,28)/b12-5+/t17-/m1/s1. The van der Waals surface area contributed by atoms with E-state index in [0.717, 1.165) is 6.08 Å². The predicted octanol–water partition coefficient (Wildman–Crippen LogP) is 2.22. The van der Waals surface area contributed by atoms with Crippen molar-refractivity contribution in [2.75, 3.05) is 5.32 Å². The number of hydrogen-bond donors (Lipinski definition) is 2. The molecule has 0 aliphatic carbocycles. The molecule has 1 amide bonds. The summed E-state index contributed by atoms with van der Waals surface area (Å²) in [4.78, 5) is 34.3. The first-order chi connectivity index (χ1) is 14.1. The number of hydrogen-bond acceptors (Lipinski definition) is 7. The monoisotopic (exact) mass is 433 g/mol. The number of rotatable bonds is 8. The molecule has 158 valence electrons. The summed E-state index contributed by atoms with van der Waals surface area (Å²) in [6, 6.07) is 10.7. The van der Waals surface area contributed by atoms with Gasteiger partial charge < -0.3 is 10.1 Å². The van der Waals surface area contributed by atoms with E-state index in [1.54, 1.807) is 6.92 Å². The Balaban J connectivity index is 1.97. The highest BCUT2D eigenvalue weighted by Gasteiger charge is 2.20. The van der Waals surface area contributed by atoms with Crippen molar-refractivity contribution < 1.29 is 27.7 Å². The van der Waals surface area contributed by atoms with Gasteiger partial charge in [-0.15, -0.1) is 0 Å². The number of anilines is 1. The fourth-order valence-electron chi connectivity index (χ4n) is 2.32. The lowest BCUT2D eigenvalue weighted by molar-refractivity contribution is -0.384. The van der Waals surface area contributed by atoms with Gasteiger partial charge in [-0.1, -0.05) is 6.92 Å². The second-order valence-corrected chi connectivity index (χ2v) is 7.64. The van der Waals surface area contributed by atoms with Crippen LogP contribution in [-0.4, -0.2) is 31.3 Å². The normalized spacial score (nSPS) is 12.3. The molecule has 10 nitrogen and oxygen atoms in total. The first-order valence-electron chi connectivity index (χ1n) is 8.67. The number of nitro groups is 1. The fourth-order valence-corrected chi connectivity index (χ4v) is 2.84. The van der Waals surface area contributed by atoms with E-state index in [4.69, 9.17) is 9.88 Å². The smallest absolute Gasteiger partial charge is 0.331 e. The average Bonchev–Trinajstić information content (AvgIpc) is 2.70. The lowest BCUT2D eigenvalue weighted by Gasteiger charge is -2.15. The zero-order valence-corrected chi connectivity index (χ0v) is 16.7. The molecule has 1 atom stereocenters. The van der Waals surface area contributed by atoms with Crippen molar-refractivity contribution in [3.63, 3.8) is 0 Å². The molecule has 0 radical (unpaired) electrons. The number of carbonyl (C=O) groups is 2. The van der Waals surface area contributed by atoms with Crippen molar-refractivity contribution in [2.45, 2.75) is 24.3 Å². The number of sulfonamides is 1. The van der Waals surface area contributed by atoms with E-state index in [-0.39, 0.29) is 17.0 Å². The second-order valence-electron chi connectivity index (χ2n) is 6.07. The molecule has 2 aromatic carbocycles. The van der Waals surface area contributed by atoms with Crippen LogP contribution >= 0.6 is 0 Å². The number of amides is 1. The Hall–Kier alpha value is -3.57. The van der Waals surface area contributed by atoms with Crippen molar-refractivity contribution in [3.8, 4) is 0 Å². The van der Waals surface area contributed by atoms with Gasteiger partial charge in [-0.25, -0.2) is 18.4 Å². The molecule has 0 heterocycles. The van der Waals surface area contributed by atoms with Crippen molar-refractivity contribution in [2.24, 2.45) is 5.14 Å². The van der Waals surface area contributed by atoms with Crippen LogP contribution in [0.2, 0.25) is 0 Å². The highest BCUT2D eigenvalue weighted by molar-refractivity contribution is 7.89. The number of ether oxygens (including phenoxy) is 1. The van der Waals surface area contributed by atoms with Gasteiger partial charge in [-0.2, -0.15) is 0 Å². The van der Waals surface area contributed by atoms with Crippen LogP contribution < -0.4 is 10.5 Å². The van der Waals surface area contributed by atoms with Gasteiger partial charge in [-0.05, 0) is 54.5 Å². The number of carbonyl (C=O) groups excluding carboxylic acids is 2. The first-order valence-corrected chi connectivity index (χ1v) is 10.2. The van der Waals surface area contributed by atoms with Gasteiger partial charge in [0, 0.05) is 23.9 Å². The molecule has 2 rings (SSSR count). The van der Waals surface area contributed by atoms with Gasteiger partial charge in [0.2, 0.25) is 10.0 Å². The van der Waals surface area contributed by atoms with E-state index in [1.165, 1.54) is 54.6 Å². The number of nitro benzene ring substituents is 1. The summed E-state index contributed by atoms with van der Waals surface area (Å²) in [5, 5.41) is 18.2. The van der Waals surface area contributed by atoms with E-state index < -0.39 is 32.9 Å². The molecule has 3 N–H and O–H groups in total. The molecule has 0 spiro atoms. The van der Waals surface area contributed by atoms with Gasteiger partial charge in [0.25, 0.3) is 11.6 Å². The van der Waals surface area contributed by atoms with Crippen molar-refractivity contribution in [1.82, 2.24) is 0 Å². The SMILES string of the molecule is CC[C@@H](OC(=O)/C=C/c1ccc([N+](=O)[O-])cc1)C(=O)Nc1ccc(S(N)(=O)=O)cc1. The minimum atomic E-state index is -3.84. The van der Waals surface area contributed by atoms with Crippen LogP contribution in [0.3, 0.4) is 0 Å². The number of primary sulfonamides is 1. The van der Waals surface area contributed by atoms with Crippen LogP contribution in [-0.2, 0) is 24.3 Å². The third-order valence-electron chi connectivity index (χ3n) is 3.89. The molecule has 0 aliphatic heterocycles. The summed E-state index contributed by atoms with van der Waals surface area (Å²) >= 11 is 0. The number of nitrogens with two attached hydrogens (primary N) is 1. The summed E-state index contributed by atoms with van der Waals surface area (Å²) in [6.07, 6.45) is 1.65. The molecule has 11 heteroatoms. The lowest BCUT2D eigenvalue weighted by atomic mass is 10.2. The molecular formula is C19H19N3O7S. The molecule has 30 heavy (non-hydrogen) atoms. The fraction of sp³-hybridized carbons (Fsp3) is 0.158. The number of benzene rings is 2. The molecular weight excluding hydrogens is 414 g/mol. The summed E-state index contributed by atoms with van der Waals surface area (Å²) in [5.74, 6) is -1.35. The molecule has 0 saturated heterocycles. The summed E-state index contributed by atoms with van der Waals surface area (Å²) < 4.78 is 27.6. The Morgan fingerprint density at radius 2 is 1.77 bits per heavy atom. The maximum atomic E-state index is 12.3. The third kappa shape index (κ3) is 6.50. The van der Waals surface area contributed by atoms with Gasteiger partial charge in [0.1, 0.15) is 0 Å². The molecule has 2 aromatic rings. The molecule has 0 aromatic heterocycles. The Morgan fingerprint density at radius 3 is 2.27 bits per heavy atom. The largest absolute Gasteiger partial charge is 0.449 e. The minimum absolute atomic E-state index is 0.0745. The number of non-ortho nitro benzene ring substituents is 1. The van der Waals surface area contributed by atoms with Crippen LogP contribution in [0.25, 0.3) is 6.08 Å². The maximum absolute atomic E-state index is 12.3. The molecule has 0 saturated carbocycles. The summed E-state index contributed by atoms with van der Waals surface area (Å²) in [6.45, 7) is 1.65. The number of nitrogens with zero attached hydrogens (tertiary/aromatic N) is 1. The Bertz CT molecular complexity index is 1060. The first kappa shape index (κ1) is 22.7. The lowest BCUT2D eigenvalue weighted by Crippen LogP contribution is -2.31. The van der Waals surface area contributed by atoms with Gasteiger partial charge in [-0.3, -0.25) is 14.9 Å². The van der Waals surface area contributed by atoms with Gasteiger partial charge >= 0.3 is 5.97 Å². The van der Waals surface area contributed by atoms with Crippen molar-refractivity contribution in [3.05, 3.63) is 70.3 Å². The highest BCUT2D eigenvalue weighted by Crippen LogP contribution is 2.15. The number of nitrogens with one attached hydrogen (secondary N) is 1. The van der Waals surface area contributed by atoms with Gasteiger partial charge in [0.05, 0.1) is 9.82 Å². The zero-order chi connectivity index (χ0) is 22.3. The molecule has 0 fully saturated rings. The van der Waals surface area contributed by atoms with Crippen LogP contribution in [0, 0.1) is 10.1 Å². The van der Waals surface area contributed by atoms with Crippen LogP contribution in [0.1, 0.15) is 18.9 Å². The molecule has 0 aliphatic rings. The minimum Gasteiger partial charge on any atom is -0.449 e. The third-order valence-corrected chi connectivity index (χ3v) is 4.82. The van der Waals surface area contributed by atoms with E-state index >= 15 is 0 Å². The predicted molar refractivity (Wildman–Crippen MR) is 109 cm³/mol. The zero-order valence-electron chi connectivity index (χ0n) is 15.8. The van der Waals surface area contributed by atoms with Crippen LogP contribution in [0.5, 0.6) is 0 Å². The quantitative estimate of drug-likeness (QED) is 0.279. The molecule has 0 unspecified atom stereocenters. The van der Waals surface area contributed by atoms with Crippen LogP contribution in [0.15, 0.2) is 59.5 Å². The Kier molecular flexibility index (Phi) is 7.39. The summed E-state index contributed by atoms with van der Waals surface area (Å²) in [5.41, 5.74) is 0.780. The topological polar surface area (TPSA) is 159 Å². The van der Waals surface area contributed by atoms with E-state index in [1.807, 2.05) is 0 Å². The van der Waals surface area contributed by atoms with E-state index in [2.05, 4.69) is 5.32 Å². The van der Waals surface area contributed by atoms with E-state index in [9.17, 15) is 28.1 Å². The van der Waals surface area contributed by atoms with Crippen molar-refractivity contribution in [1.29, 1.82) is 0 Å². The Labute approximate surface area is 172 Å². The molecule has 0 bridgehead atoms. The second kappa shape index (κ2) is 9.76. The maximum Gasteiger partial charge on any atom is 0.331 e. The summed E-state index contributed by atoms with van der Waals surface area (Å²) in [7, 11) is -3.84.